The maximum atomic E-state index is 13.9. The van der Waals surface area contributed by atoms with E-state index in [1.54, 1.807) is 6.07 Å². The van der Waals surface area contributed by atoms with Gasteiger partial charge in [-0.3, -0.25) is 0 Å². The van der Waals surface area contributed by atoms with E-state index < -0.39 is 0 Å². The van der Waals surface area contributed by atoms with E-state index in [-0.39, 0.29) is 17.8 Å². The van der Waals surface area contributed by atoms with Crippen molar-refractivity contribution < 1.29 is 9.50 Å². The average molecular weight is 270 g/mol. The summed E-state index contributed by atoms with van der Waals surface area (Å²) in [4.78, 5) is 0. The number of hydrogen-bond acceptors (Lipinski definition) is 1. The van der Waals surface area contributed by atoms with Crippen LogP contribution in [-0.2, 0) is 18.3 Å². The molecule has 1 nitrogen and oxygen atoms in total. The van der Waals surface area contributed by atoms with E-state index in [0.29, 0.717) is 12.0 Å². The zero-order chi connectivity index (χ0) is 14.0. The summed E-state index contributed by atoms with van der Waals surface area (Å²) in [6, 6.07) is 15.1. The fourth-order valence-electron chi connectivity index (χ4n) is 3.42. The molecule has 2 aromatic rings. The maximum Gasteiger partial charge on any atom is 0.126 e. The van der Waals surface area contributed by atoms with Crippen LogP contribution in [-0.4, -0.2) is 11.7 Å². The van der Waals surface area contributed by atoms with Gasteiger partial charge in [-0.05, 0) is 48.4 Å². The minimum absolute atomic E-state index is 0.0678. The monoisotopic (exact) mass is 270 g/mol. The standard InChI is InChI=1S/C18H19FO/c19-17-10-4-2-7-15(17)12-18(13-20)11-5-8-14-6-1-3-9-16(14)18/h1-4,6-7,9-10,20H,5,8,11-13H2. The highest BCUT2D eigenvalue weighted by Gasteiger charge is 2.36. The Balaban J connectivity index is 2.03. The molecule has 1 atom stereocenters. The Bertz CT molecular complexity index is 608. The average Bonchev–Trinajstić information content (AvgIpc) is 2.50. The molecule has 2 aromatic carbocycles. The summed E-state index contributed by atoms with van der Waals surface area (Å²) in [5, 5.41) is 10.0. The van der Waals surface area contributed by atoms with Gasteiger partial charge in [0.25, 0.3) is 0 Å². The molecule has 104 valence electrons. The number of halogens is 1. The van der Waals surface area contributed by atoms with Crippen molar-refractivity contribution in [2.75, 3.05) is 6.61 Å². The Labute approximate surface area is 119 Å². The summed E-state index contributed by atoms with van der Waals surface area (Å²) in [5.74, 6) is -0.177. The van der Waals surface area contributed by atoms with Crippen molar-refractivity contribution in [3.63, 3.8) is 0 Å². The number of fused-ring (bicyclic) bond motifs is 1. The Morgan fingerprint density at radius 3 is 2.60 bits per heavy atom. The molecule has 0 saturated heterocycles. The van der Waals surface area contributed by atoms with Gasteiger partial charge in [0, 0.05) is 5.41 Å². The van der Waals surface area contributed by atoms with Crippen LogP contribution in [0.4, 0.5) is 4.39 Å². The van der Waals surface area contributed by atoms with Gasteiger partial charge in [0.15, 0.2) is 0 Å². The normalized spacial score (nSPS) is 21.5. The Morgan fingerprint density at radius 1 is 1.05 bits per heavy atom. The number of benzene rings is 2. The fourth-order valence-corrected chi connectivity index (χ4v) is 3.42. The summed E-state index contributed by atoms with van der Waals surface area (Å²) in [5.41, 5.74) is 2.84. The molecule has 1 aliphatic rings. The van der Waals surface area contributed by atoms with Crippen LogP contribution in [0.5, 0.6) is 0 Å². The van der Waals surface area contributed by atoms with Crippen molar-refractivity contribution in [1.82, 2.24) is 0 Å². The first-order valence-electron chi connectivity index (χ1n) is 7.18. The lowest BCUT2D eigenvalue weighted by Crippen LogP contribution is -2.37. The van der Waals surface area contributed by atoms with Crippen LogP contribution in [0.1, 0.15) is 29.5 Å². The molecule has 0 aliphatic heterocycles. The largest absolute Gasteiger partial charge is 0.395 e. The third kappa shape index (κ3) is 2.25. The van der Waals surface area contributed by atoms with Gasteiger partial charge in [-0.1, -0.05) is 42.5 Å². The van der Waals surface area contributed by atoms with E-state index in [2.05, 4.69) is 12.1 Å². The van der Waals surface area contributed by atoms with E-state index in [1.165, 1.54) is 17.2 Å². The molecule has 0 spiro atoms. The lowest BCUT2D eigenvalue weighted by Gasteiger charge is -2.38. The van der Waals surface area contributed by atoms with Crippen LogP contribution in [0.3, 0.4) is 0 Å². The molecule has 0 amide bonds. The SMILES string of the molecule is OCC1(Cc2ccccc2F)CCCc2ccccc21. The molecule has 0 heterocycles. The second kappa shape index (κ2) is 5.37. The molecule has 0 radical (unpaired) electrons. The molecule has 1 aliphatic carbocycles. The number of rotatable bonds is 3. The second-order valence-corrected chi connectivity index (χ2v) is 5.72. The molecule has 3 rings (SSSR count). The van der Waals surface area contributed by atoms with Crippen LogP contribution in [0.15, 0.2) is 48.5 Å². The maximum absolute atomic E-state index is 13.9. The molecule has 1 N–H and O–H groups in total. The third-order valence-electron chi connectivity index (χ3n) is 4.48. The quantitative estimate of drug-likeness (QED) is 0.903. The molecule has 1 unspecified atom stereocenters. The predicted octanol–water partition coefficient (Wildman–Crippen LogP) is 3.63. The van der Waals surface area contributed by atoms with Gasteiger partial charge < -0.3 is 5.11 Å². The highest BCUT2D eigenvalue weighted by Crippen LogP contribution is 2.40. The van der Waals surface area contributed by atoms with Crippen molar-refractivity contribution in [3.05, 3.63) is 71.0 Å². The number of aliphatic hydroxyl groups is 1. The van der Waals surface area contributed by atoms with Crippen molar-refractivity contribution >= 4 is 0 Å². The van der Waals surface area contributed by atoms with Gasteiger partial charge in [-0.2, -0.15) is 0 Å². The molecule has 0 fully saturated rings. The molecular formula is C18H19FO. The summed E-state index contributed by atoms with van der Waals surface area (Å²) in [7, 11) is 0. The summed E-state index contributed by atoms with van der Waals surface area (Å²) >= 11 is 0. The van der Waals surface area contributed by atoms with E-state index in [9.17, 15) is 9.50 Å². The summed E-state index contributed by atoms with van der Waals surface area (Å²) in [6.07, 6.45) is 3.57. The zero-order valence-electron chi connectivity index (χ0n) is 11.5. The van der Waals surface area contributed by atoms with Crippen LogP contribution in [0.2, 0.25) is 0 Å². The molecule has 0 bridgehead atoms. The molecular weight excluding hydrogens is 251 g/mol. The van der Waals surface area contributed by atoms with Crippen LogP contribution in [0.25, 0.3) is 0 Å². The van der Waals surface area contributed by atoms with Crippen molar-refractivity contribution in [2.45, 2.75) is 31.1 Å². The molecule has 20 heavy (non-hydrogen) atoms. The van der Waals surface area contributed by atoms with Gasteiger partial charge in [0.1, 0.15) is 5.82 Å². The first-order chi connectivity index (χ1) is 9.75. The summed E-state index contributed by atoms with van der Waals surface area (Å²) in [6.45, 7) is 0.0678. The van der Waals surface area contributed by atoms with Gasteiger partial charge in [-0.25, -0.2) is 4.39 Å². The van der Waals surface area contributed by atoms with Crippen molar-refractivity contribution in [1.29, 1.82) is 0 Å². The molecule has 0 aromatic heterocycles. The van der Waals surface area contributed by atoms with Gasteiger partial charge in [-0.15, -0.1) is 0 Å². The van der Waals surface area contributed by atoms with Crippen LogP contribution >= 0.6 is 0 Å². The topological polar surface area (TPSA) is 20.2 Å². The van der Waals surface area contributed by atoms with E-state index in [0.717, 1.165) is 19.3 Å². The smallest absolute Gasteiger partial charge is 0.126 e. The lowest BCUT2D eigenvalue weighted by molar-refractivity contribution is 0.172. The Kier molecular flexibility index (Phi) is 3.58. The first kappa shape index (κ1) is 13.3. The summed E-state index contributed by atoms with van der Waals surface area (Å²) < 4.78 is 13.9. The van der Waals surface area contributed by atoms with Crippen LogP contribution in [0, 0.1) is 5.82 Å². The van der Waals surface area contributed by atoms with Crippen molar-refractivity contribution in [3.8, 4) is 0 Å². The van der Waals surface area contributed by atoms with E-state index >= 15 is 0 Å². The molecule has 2 heteroatoms. The Morgan fingerprint density at radius 2 is 1.80 bits per heavy atom. The third-order valence-corrected chi connectivity index (χ3v) is 4.48. The predicted molar refractivity (Wildman–Crippen MR) is 78.2 cm³/mol. The fraction of sp³-hybridized carbons (Fsp3) is 0.333. The van der Waals surface area contributed by atoms with Crippen molar-refractivity contribution in [2.24, 2.45) is 0 Å². The number of hydrogen-bond donors (Lipinski definition) is 1. The minimum atomic E-state index is -0.336. The van der Waals surface area contributed by atoms with Gasteiger partial charge in [0.2, 0.25) is 0 Å². The van der Waals surface area contributed by atoms with Gasteiger partial charge >= 0.3 is 0 Å². The zero-order valence-corrected chi connectivity index (χ0v) is 11.5. The highest BCUT2D eigenvalue weighted by atomic mass is 19.1. The number of aryl methyl sites for hydroxylation is 1. The molecule has 0 saturated carbocycles. The highest BCUT2D eigenvalue weighted by molar-refractivity contribution is 5.39. The Hall–Kier alpha value is -1.67. The van der Waals surface area contributed by atoms with E-state index in [4.69, 9.17) is 0 Å². The van der Waals surface area contributed by atoms with Gasteiger partial charge in [0.05, 0.1) is 6.61 Å². The number of aliphatic hydroxyl groups excluding tert-OH is 1. The second-order valence-electron chi connectivity index (χ2n) is 5.72. The van der Waals surface area contributed by atoms with Crippen LogP contribution < -0.4 is 0 Å². The lowest BCUT2D eigenvalue weighted by atomic mass is 9.67. The first-order valence-corrected chi connectivity index (χ1v) is 7.18. The minimum Gasteiger partial charge on any atom is -0.395 e. The van der Waals surface area contributed by atoms with E-state index in [1.807, 2.05) is 24.3 Å².